The number of nitrogens with one attached hydrogen (secondary N) is 1. The third kappa shape index (κ3) is 2.13. The molecule has 0 bridgehead atoms. The predicted octanol–water partition coefficient (Wildman–Crippen LogP) is 2.40. The molecule has 0 aliphatic carbocycles. The van der Waals surface area contributed by atoms with Crippen LogP contribution < -0.4 is 15.3 Å². The van der Waals surface area contributed by atoms with Crippen LogP contribution in [0.25, 0.3) is 21.7 Å². The fourth-order valence-corrected chi connectivity index (χ4v) is 3.39. The fourth-order valence-electron chi connectivity index (χ4n) is 3.39. The lowest BCUT2D eigenvalue weighted by Crippen LogP contribution is -3.15. The normalized spacial score (nSPS) is 17.5. The zero-order valence-corrected chi connectivity index (χ0v) is 13.6. The number of quaternary nitrogens is 1. The Morgan fingerprint density at radius 1 is 1.13 bits per heavy atom. The Hall–Kier alpha value is -2.33. The predicted molar refractivity (Wildman–Crippen MR) is 90.0 cm³/mol. The third-order valence-electron chi connectivity index (χ3n) is 4.80. The van der Waals surface area contributed by atoms with Crippen LogP contribution in [0.4, 0.5) is 0 Å². The summed E-state index contributed by atoms with van der Waals surface area (Å²) in [7, 11) is 0. The summed E-state index contributed by atoms with van der Waals surface area (Å²) >= 11 is 0. The molecule has 1 unspecified atom stereocenters. The van der Waals surface area contributed by atoms with Crippen molar-refractivity contribution in [2.75, 3.05) is 6.73 Å². The molecule has 4 heteroatoms. The lowest BCUT2D eigenvalue weighted by molar-refractivity contribution is -0.952. The highest BCUT2D eigenvalue weighted by Crippen LogP contribution is 2.34. The maximum absolute atomic E-state index is 12.2. The molecule has 1 N–H and O–H groups in total. The first kappa shape index (κ1) is 14.3. The Balaban J connectivity index is 2.05. The second-order valence-electron chi connectivity index (χ2n) is 6.58. The third-order valence-corrected chi connectivity index (χ3v) is 4.80. The van der Waals surface area contributed by atoms with Gasteiger partial charge in [0.15, 0.2) is 0 Å². The second-order valence-corrected chi connectivity index (χ2v) is 6.58. The van der Waals surface area contributed by atoms with Crippen molar-refractivity contribution < 1.29 is 14.1 Å². The minimum absolute atomic E-state index is 0.290. The van der Waals surface area contributed by atoms with Gasteiger partial charge in [-0.3, -0.25) is 4.90 Å². The van der Waals surface area contributed by atoms with Crippen molar-refractivity contribution in [1.82, 2.24) is 0 Å². The quantitative estimate of drug-likeness (QED) is 0.554. The van der Waals surface area contributed by atoms with Crippen LogP contribution in [-0.4, -0.2) is 12.8 Å². The van der Waals surface area contributed by atoms with Crippen LogP contribution in [0, 0.1) is 6.92 Å². The Morgan fingerprint density at radius 3 is 2.61 bits per heavy atom. The van der Waals surface area contributed by atoms with Gasteiger partial charge in [-0.2, -0.15) is 0 Å². The van der Waals surface area contributed by atoms with Gasteiger partial charge in [0.05, 0.1) is 11.4 Å². The summed E-state index contributed by atoms with van der Waals surface area (Å²) in [6.07, 6.45) is 0. The van der Waals surface area contributed by atoms with Crippen LogP contribution in [0.5, 0.6) is 5.75 Å². The summed E-state index contributed by atoms with van der Waals surface area (Å²) in [4.78, 5) is 13.6. The van der Waals surface area contributed by atoms with E-state index in [9.17, 15) is 4.79 Å². The summed E-state index contributed by atoms with van der Waals surface area (Å²) in [6, 6.07) is 10.3. The molecule has 0 saturated heterocycles. The van der Waals surface area contributed by atoms with Crippen LogP contribution in [0.3, 0.4) is 0 Å². The van der Waals surface area contributed by atoms with E-state index in [0.29, 0.717) is 23.7 Å². The average molecular weight is 310 g/mol. The number of fused-ring (bicyclic) bond motifs is 4. The van der Waals surface area contributed by atoms with E-state index >= 15 is 0 Å². The monoisotopic (exact) mass is 310 g/mol. The molecular formula is C19H20NO3+. The van der Waals surface area contributed by atoms with Crippen molar-refractivity contribution in [3.05, 3.63) is 51.9 Å². The first-order chi connectivity index (χ1) is 11.1. The molecule has 0 fully saturated rings. The average Bonchev–Trinajstić information content (AvgIpc) is 2.56. The number of hydrogen-bond acceptors (Lipinski definition) is 3. The molecule has 1 aromatic heterocycles. The highest BCUT2D eigenvalue weighted by Gasteiger charge is 2.26. The van der Waals surface area contributed by atoms with Crippen LogP contribution in [0.1, 0.15) is 25.0 Å². The molecule has 1 aliphatic heterocycles. The fraction of sp³-hybridized carbons (Fsp3) is 0.316. The summed E-state index contributed by atoms with van der Waals surface area (Å²) < 4.78 is 11.6. The number of aryl methyl sites for hydroxylation is 1. The first-order valence-electron chi connectivity index (χ1n) is 8.01. The van der Waals surface area contributed by atoms with Gasteiger partial charge in [-0.25, -0.2) is 4.79 Å². The molecule has 3 aromatic rings. The molecular weight excluding hydrogens is 290 g/mol. The van der Waals surface area contributed by atoms with E-state index in [1.165, 1.54) is 10.5 Å². The minimum atomic E-state index is -0.290. The molecule has 23 heavy (non-hydrogen) atoms. The molecule has 4 nitrogen and oxygen atoms in total. The number of benzene rings is 2. The van der Waals surface area contributed by atoms with Crippen molar-refractivity contribution in [2.24, 2.45) is 0 Å². The summed E-state index contributed by atoms with van der Waals surface area (Å²) in [6.45, 7) is 7.95. The van der Waals surface area contributed by atoms with Crippen molar-refractivity contribution in [3.8, 4) is 5.75 Å². The van der Waals surface area contributed by atoms with Crippen LogP contribution in [-0.2, 0) is 6.54 Å². The molecule has 118 valence electrons. The van der Waals surface area contributed by atoms with E-state index in [-0.39, 0.29) is 5.63 Å². The Bertz CT molecular complexity index is 972. The molecule has 1 aliphatic rings. The van der Waals surface area contributed by atoms with E-state index in [2.05, 4.69) is 19.9 Å². The largest absolute Gasteiger partial charge is 0.444 e. The van der Waals surface area contributed by atoms with Crippen LogP contribution >= 0.6 is 0 Å². The van der Waals surface area contributed by atoms with Crippen molar-refractivity contribution in [3.63, 3.8) is 0 Å². The highest BCUT2D eigenvalue weighted by molar-refractivity contribution is 6.06. The molecule has 0 saturated carbocycles. The van der Waals surface area contributed by atoms with Gasteiger partial charge < -0.3 is 9.15 Å². The lowest BCUT2D eigenvalue weighted by atomic mass is 9.99. The van der Waals surface area contributed by atoms with Crippen LogP contribution in [0.15, 0.2) is 39.5 Å². The van der Waals surface area contributed by atoms with Gasteiger partial charge in [0.2, 0.25) is 6.73 Å². The molecule has 1 atom stereocenters. The van der Waals surface area contributed by atoms with Gasteiger partial charge in [0, 0.05) is 16.5 Å². The van der Waals surface area contributed by atoms with Gasteiger partial charge in [-0.15, -0.1) is 0 Å². The van der Waals surface area contributed by atoms with Crippen molar-refractivity contribution >= 4 is 21.7 Å². The summed E-state index contributed by atoms with van der Waals surface area (Å²) in [5, 5.41) is 2.57. The Morgan fingerprint density at radius 2 is 1.87 bits per heavy atom. The first-order valence-corrected chi connectivity index (χ1v) is 8.01. The van der Waals surface area contributed by atoms with Crippen LogP contribution in [0.2, 0.25) is 0 Å². The van der Waals surface area contributed by atoms with Gasteiger partial charge in [-0.05, 0) is 38.3 Å². The van der Waals surface area contributed by atoms with E-state index in [4.69, 9.17) is 9.15 Å². The maximum Gasteiger partial charge on any atom is 0.344 e. The second kappa shape index (κ2) is 5.10. The molecule has 0 spiro atoms. The van der Waals surface area contributed by atoms with Crippen molar-refractivity contribution in [2.45, 2.75) is 33.4 Å². The van der Waals surface area contributed by atoms with Gasteiger partial charge in [0.1, 0.15) is 17.9 Å². The Kier molecular flexibility index (Phi) is 3.16. The Labute approximate surface area is 134 Å². The number of ether oxygens (including phenoxy) is 1. The van der Waals surface area contributed by atoms with E-state index in [1.54, 1.807) is 0 Å². The zero-order valence-electron chi connectivity index (χ0n) is 13.6. The standard InChI is InChI=1S/C19H19NO3/c1-11(2)20-9-13-8-16-14-6-4-5-7-15(14)19(21)23-18(16)12(3)17(13)22-10-20/h4-8,11H,9-10H2,1-3H3/p+1. The highest BCUT2D eigenvalue weighted by atomic mass is 16.5. The minimum Gasteiger partial charge on any atom is -0.444 e. The lowest BCUT2D eigenvalue weighted by Gasteiger charge is -2.30. The molecule has 0 amide bonds. The molecule has 2 aromatic carbocycles. The van der Waals surface area contributed by atoms with E-state index < -0.39 is 0 Å². The SMILES string of the molecule is Cc1c2c(cc3c1oc(=O)c1ccccc13)C[NH+](C(C)C)CO2. The van der Waals surface area contributed by atoms with Gasteiger partial charge in [0.25, 0.3) is 0 Å². The molecule has 0 radical (unpaired) electrons. The number of hydrogen-bond donors (Lipinski definition) is 1. The smallest absolute Gasteiger partial charge is 0.344 e. The summed E-state index contributed by atoms with van der Waals surface area (Å²) in [5.74, 6) is 0.875. The van der Waals surface area contributed by atoms with Gasteiger partial charge >= 0.3 is 5.63 Å². The van der Waals surface area contributed by atoms with Gasteiger partial charge in [-0.1, -0.05) is 18.2 Å². The topological polar surface area (TPSA) is 43.9 Å². The van der Waals surface area contributed by atoms with E-state index in [0.717, 1.165) is 28.6 Å². The summed E-state index contributed by atoms with van der Waals surface area (Å²) in [5.41, 5.74) is 2.45. The number of rotatable bonds is 1. The van der Waals surface area contributed by atoms with Crippen molar-refractivity contribution in [1.29, 1.82) is 0 Å². The maximum atomic E-state index is 12.2. The molecule has 2 heterocycles. The van der Waals surface area contributed by atoms with E-state index in [1.807, 2.05) is 31.2 Å². The molecule has 4 rings (SSSR count). The zero-order chi connectivity index (χ0) is 16.1.